The van der Waals surface area contributed by atoms with E-state index in [1.165, 1.54) is 6.07 Å². The molecule has 32 heavy (non-hydrogen) atoms. The van der Waals surface area contributed by atoms with Crippen molar-refractivity contribution in [2.24, 2.45) is 5.92 Å². The Kier molecular flexibility index (Phi) is 7.11. The number of hydrogen-bond acceptors (Lipinski definition) is 3. The molecule has 2 aromatic rings. The van der Waals surface area contributed by atoms with Gasteiger partial charge in [-0.3, -0.25) is 9.59 Å². The molecule has 0 aliphatic carbocycles. The Balaban J connectivity index is 1.63. The molecule has 172 valence electrons. The lowest BCUT2D eigenvalue weighted by atomic mass is 10.0. The van der Waals surface area contributed by atoms with Gasteiger partial charge in [-0.15, -0.1) is 0 Å². The second-order valence-corrected chi connectivity index (χ2v) is 8.42. The molecule has 3 rings (SSSR count). The van der Waals surface area contributed by atoms with Crippen LogP contribution in [0.3, 0.4) is 0 Å². The summed E-state index contributed by atoms with van der Waals surface area (Å²) in [6.45, 7) is 7.26. The van der Waals surface area contributed by atoms with Gasteiger partial charge < -0.3 is 15.1 Å². The van der Waals surface area contributed by atoms with E-state index in [2.05, 4.69) is 5.32 Å². The zero-order valence-corrected chi connectivity index (χ0v) is 18.4. The van der Waals surface area contributed by atoms with E-state index in [1.807, 2.05) is 37.8 Å². The summed E-state index contributed by atoms with van der Waals surface area (Å²) < 4.78 is 39.0. The minimum absolute atomic E-state index is 0.113. The SMILES string of the molecule is Cc1ccc(C(=O)NC(C(=O)N2CCN(c3cccc(C(F)(F)F)c3)CC2)C(C)C)cc1. The van der Waals surface area contributed by atoms with Crippen LogP contribution in [0.15, 0.2) is 48.5 Å². The number of rotatable bonds is 5. The van der Waals surface area contributed by atoms with Crippen molar-refractivity contribution < 1.29 is 22.8 Å². The van der Waals surface area contributed by atoms with Gasteiger partial charge in [0.2, 0.25) is 5.91 Å². The van der Waals surface area contributed by atoms with Crippen molar-refractivity contribution in [3.05, 3.63) is 65.2 Å². The standard InChI is InChI=1S/C24H28F3N3O2/c1-16(2)21(28-22(31)18-9-7-17(3)8-10-18)23(32)30-13-11-29(12-14-30)20-6-4-5-19(15-20)24(25,26)27/h4-10,15-16,21H,11-14H2,1-3H3,(H,28,31). The van der Waals surface area contributed by atoms with Gasteiger partial charge in [0.1, 0.15) is 6.04 Å². The summed E-state index contributed by atoms with van der Waals surface area (Å²) in [5.74, 6) is -0.595. The van der Waals surface area contributed by atoms with Crippen molar-refractivity contribution in [1.29, 1.82) is 0 Å². The Morgan fingerprint density at radius 2 is 1.59 bits per heavy atom. The van der Waals surface area contributed by atoms with Gasteiger partial charge in [-0.2, -0.15) is 13.2 Å². The van der Waals surface area contributed by atoms with E-state index in [0.29, 0.717) is 37.4 Å². The Hall–Kier alpha value is -3.03. The smallest absolute Gasteiger partial charge is 0.368 e. The molecule has 1 aliphatic rings. The number of nitrogens with zero attached hydrogens (tertiary/aromatic N) is 2. The lowest BCUT2D eigenvalue weighted by molar-refractivity contribution is -0.137. The molecule has 0 saturated carbocycles. The van der Waals surface area contributed by atoms with Crippen LogP contribution < -0.4 is 10.2 Å². The molecule has 0 radical (unpaired) electrons. The molecule has 0 bridgehead atoms. The number of amides is 2. The first-order chi connectivity index (χ1) is 15.1. The Labute approximate surface area is 186 Å². The van der Waals surface area contributed by atoms with Crippen LogP contribution in [0.25, 0.3) is 0 Å². The zero-order chi connectivity index (χ0) is 23.5. The van der Waals surface area contributed by atoms with Gasteiger partial charge in [0.05, 0.1) is 5.56 Å². The second kappa shape index (κ2) is 9.63. The van der Waals surface area contributed by atoms with Crippen LogP contribution in [0.1, 0.15) is 35.3 Å². The van der Waals surface area contributed by atoms with E-state index < -0.39 is 17.8 Å². The van der Waals surface area contributed by atoms with E-state index in [-0.39, 0.29) is 17.7 Å². The molecule has 8 heteroatoms. The minimum Gasteiger partial charge on any atom is -0.368 e. The summed E-state index contributed by atoms with van der Waals surface area (Å²) in [6.07, 6.45) is -4.39. The fourth-order valence-corrected chi connectivity index (χ4v) is 3.70. The molecule has 1 unspecified atom stereocenters. The summed E-state index contributed by atoms with van der Waals surface area (Å²) in [4.78, 5) is 29.3. The quantitative estimate of drug-likeness (QED) is 0.750. The summed E-state index contributed by atoms with van der Waals surface area (Å²) in [6, 6.07) is 11.7. The molecule has 0 aromatic heterocycles. The molecule has 2 aromatic carbocycles. The lowest BCUT2D eigenvalue weighted by Gasteiger charge is -2.38. The molecule has 1 saturated heterocycles. The van der Waals surface area contributed by atoms with Crippen molar-refractivity contribution >= 4 is 17.5 Å². The van der Waals surface area contributed by atoms with Crippen LogP contribution in [0.4, 0.5) is 18.9 Å². The molecule has 5 nitrogen and oxygen atoms in total. The molecule has 1 heterocycles. The average molecular weight is 448 g/mol. The van der Waals surface area contributed by atoms with Crippen LogP contribution in [-0.2, 0) is 11.0 Å². The first-order valence-corrected chi connectivity index (χ1v) is 10.6. The second-order valence-electron chi connectivity index (χ2n) is 8.42. The van der Waals surface area contributed by atoms with E-state index >= 15 is 0 Å². The predicted octanol–water partition coefficient (Wildman–Crippen LogP) is 4.12. The van der Waals surface area contributed by atoms with Crippen molar-refractivity contribution in [2.45, 2.75) is 33.0 Å². The maximum Gasteiger partial charge on any atom is 0.416 e. The number of carbonyl (C=O) groups excluding carboxylic acids is 2. The van der Waals surface area contributed by atoms with Crippen molar-refractivity contribution in [2.75, 3.05) is 31.1 Å². The first kappa shape index (κ1) is 23.6. The maximum absolute atomic E-state index is 13.1. The van der Waals surface area contributed by atoms with Gasteiger partial charge in [-0.1, -0.05) is 37.6 Å². The molecule has 1 aliphatic heterocycles. The van der Waals surface area contributed by atoms with Gasteiger partial charge in [-0.05, 0) is 43.2 Å². The molecule has 2 amide bonds. The number of aryl methyl sites for hydroxylation is 1. The number of anilines is 1. The predicted molar refractivity (Wildman–Crippen MR) is 118 cm³/mol. The number of nitrogens with one attached hydrogen (secondary N) is 1. The van der Waals surface area contributed by atoms with Crippen LogP contribution in [0.2, 0.25) is 0 Å². The van der Waals surface area contributed by atoms with Gasteiger partial charge in [0, 0.05) is 37.4 Å². The molecule has 1 atom stereocenters. The monoisotopic (exact) mass is 447 g/mol. The fraction of sp³-hybridized carbons (Fsp3) is 0.417. The highest BCUT2D eigenvalue weighted by Crippen LogP contribution is 2.32. The highest BCUT2D eigenvalue weighted by Gasteiger charge is 2.33. The molecule has 0 spiro atoms. The topological polar surface area (TPSA) is 52.7 Å². The largest absolute Gasteiger partial charge is 0.416 e. The van der Waals surface area contributed by atoms with Crippen LogP contribution in [-0.4, -0.2) is 48.9 Å². The lowest BCUT2D eigenvalue weighted by Crippen LogP contribution is -2.56. The highest BCUT2D eigenvalue weighted by atomic mass is 19.4. The number of halogens is 3. The third-order valence-corrected chi connectivity index (χ3v) is 5.66. The highest BCUT2D eigenvalue weighted by molar-refractivity contribution is 5.97. The van der Waals surface area contributed by atoms with Crippen LogP contribution >= 0.6 is 0 Å². The van der Waals surface area contributed by atoms with Crippen molar-refractivity contribution in [3.63, 3.8) is 0 Å². The summed E-state index contributed by atoms with van der Waals surface area (Å²) in [5.41, 5.74) is 1.33. The number of benzene rings is 2. The number of alkyl halides is 3. The van der Waals surface area contributed by atoms with E-state index in [9.17, 15) is 22.8 Å². The Morgan fingerprint density at radius 3 is 2.16 bits per heavy atom. The van der Waals surface area contributed by atoms with Gasteiger partial charge >= 0.3 is 6.18 Å². The third kappa shape index (κ3) is 5.60. The van der Waals surface area contributed by atoms with Crippen molar-refractivity contribution in [3.8, 4) is 0 Å². The minimum atomic E-state index is -4.39. The Bertz CT molecular complexity index is 950. The van der Waals surface area contributed by atoms with Gasteiger partial charge in [0.25, 0.3) is 5.91 Å². The normalized spacial score (nSPS) is 15.6. The van der Waals surface area contributed by atoms with E-state index in [4.69, 9.17) is 0 Å². The van der Waals surface area contributed by atoms with Crippen LogP contribution in [0.5, 0.6) is 0 Å². The van der Waals surface area contributed by atoms with Crippen LogP contribution in [0, 0.1) is 12.8 Å². The summed E-state index contributed by atoms with van der Waals surface area (Å²) >= 11 is 0. The van der Waals surface area contributed by atoms with Gasteiger partial charge in [-0.25, -0.2) is 0 Å². The van der Waals surface area contributed by atoms with Gasteiger partial charge in [0.15, 0.2) is 0 Å². The summed E-state index contributed by atoms with van der Waals surface area (Å²) in [7, 11) is 0. The Morgan fingerprint density at radius 1 is 0.969 bits per heavy atom. The summed E-state index contributed by atoms with van der Waals surface area (Å²) in [5, 5.41) is 2.85. The average Bonchev–Trinajstić information content (AvgIpc) is 2.77. The van der Waals surface area contributed by atoms with E-state index in [1.54, 1.807) is 23.1 Å². The molecule has 1 N–H and O–H groups in total. The number of piperazine rings is 1. The fourth-order valence-electron chi connectivity index (χ4n) is 3.70. The molecular formula is C24H28F3N3O2. The zero-order valence-electron chi connectivity index (χ0n) is 18.4. The van der Waals surface area contributed by atoms with E-state index in [0.717, 1.165) is 17.7 Å². The molecular weight excluding hydrogens is 419 g/mol. The first-order valence-electron chi connectivity index (χ1n) is 10.6. The number of hydrogen-bond donors (Lipinski definition) is 1. The van der Waals surface area contributed by atoms with Crippen molar-refractivity contribution in [1.82, 2.24) is 10.2 Å². The number of carbonyl (C=O) groups is 2. The molecule has 1 fully saturated rings. The maximum atomic E-state index is 13.1. The third-order valence-electron chi connectivity index (χ3n) is 5.66.